The Morgan fingerprint density at radius 2 is 1.90 bits per heavy atom. The van der Waals surface area contributed by atoms with Crippen LogP contribution in [-0.2, 0) is 0 Å². The van der Waals surface area contributed by atoms with E-state index >= 15 is 0 Å². The summed E-state index contributed by atoms with van der Waals surface area (Å²) >= 11 is 6.17. The van der Waals surface area contributed by atoms with Crippen molar-refractivity contribution in [1.29, 1.82) is 0 Å². The molecule has 1 aromatic carbocycles. The molecular formula is C23H27ClN6O. The number of aryl methyl sites for hydroxylation is 1. The number of rotatable bonds is 2. The molecule has 1 aliphatic carbocycles. The van der Waals surface area contributed by atoms with E-state index in [0.717, 1.165) is 67.8 Å². The number of guanidine groups is 1. The highest BCUT2D eigenvalue weighted by Gasteiger charge is 2.32. The first-order chi connectivity index (χ1) is 15.1. The molecule has 2 aliphatic heterocycles. The van der Waals surface area contributed by atoms with E-state index in [1.807, 2.05) is 25.1 Å². The van der Waals surface area contributed by atoms with Gasteiger partial charge in [0.2, 0.25) is 11.9 Å². The SMILES string of the molecule is Cc1cc(=O)n2c(n1)NC(N1CCN(c3cccc(Cl)c3)CC1)=N[C@@H]2[C@H]1CC=CCC1. The first-order valence-corrected chi connectivity index (χ1v) is 11.3. The van der Waals surface area contributed by atoms with Crippen molar-refractivity contribution in [1.82, 2.24) is 14.5 Å². The zero-order valence-electron chi connectivity index (χ0n) is 17.7. The molecule has 3 heterocycles. The Balaban J connectivity index is 1.39. The van der Waals surface area contributed by atoms with Crippen LogP contribution in [0.1, 0.15) is 31.1 Å². The Kier molecular flexibility index (Phi) is 5.44. The van der Waals surface area contributed by atoms with Crippen molar-refractivity contribution in [2.24, 2.45) is 10.9 Å². The smallest absolute Gasteiger partial charge is 0.256 e. The van der Waals surface area contributed by atoms with Gasteiger partial charge in [0.25, 0.3) is 5.56 Å². The molecule has 8 heteroatoms. The van der Waals surface area contributed by atoms with Gasteiger partial charge in [-0.3, -0.25) is 14.7 Å². The van der Waals surface area contributed by atoms with Gasteiger partial charge in [0, 0.05) is 54.6 Å². The summed E-state index contributed by atoms with van der Waals surface area (Å²) < 4.78 is 1.74. The molecule has 0 bridgehead atoms. The molecule has 3 aliphatic rings. The minimum atomic E-state index is -0.220. The number of aromatic nitrogens is 2. The zero-order valence-corrected chi connectivity index (χ0v) is 18.4. The van der Waals surface area contributed by atoms with E-state index in [2.05, 4.69) is 38.3 Å². The third kappa shape index (κ3) is 4.06. The molecule has 0 unspecified atom stereocenters. The summed E-state index contributed by atoms with van der Waals surface area (Å²) in [7, 11) is 0. The molecule has 162 valence electrons. The van der Waals surface area contributed by atoms with E-state index in [1.54, 1.807) is 10.6 Å². The molecule has 1 aromatic heterocycles. The molecule has 5 rings (SSSR count). The number of hydrogen-bond acceptors (Lipinski definition) is 6. The molecule has 2 aromatic rings. The predicted molar refractivity (Wildman–Crippen MR) is 125 cm³/mol. The molecule has 1 saturated heterocycles. The summed E-state index contributed by atoms with van der Waals surface area (Å²) in [6, 6.07) is 9.59. The van der Waals surface area contributed by atoms with Crippen LogP contribution in [0.4, 0.5) is 11.6 Å². The van der Waals surface area contributed by atoms with Gasteiger partial charge in [0.15, 0.2) is 0 Å². The second kappa shape index (κ2) is 8.38. The number of anilines is 2. The van der Waals surface area contributed by atoms with E-state index in [4.69, 9.17) is 16.6 Å². The quantitative estimate of drug-likeness (QED) is 0.725. The number of nitrogens with zero attached hydrogens (tertiary/aromatic N) is 5. The summed E-state index contributed by atoms with van der Waals surface area (Å²) in [5.41, 5.74) is 1.83. The Bertz CT molecular complexity index is 1090. The molecule has 2 atom stereocenters. The lowest BCUT2D eigenvalue weighted by Gasteiger charge is -2.40. The third-order valence-corrected chi connectivity index (χ3v) is 6.54. The molecular weight excluding hydrogens is 412 g/mol. The average molecular weight is 439 g/mol. The monoisotopic (exact) mass is 438 g/mol. The van der Waals surface area contributed by atoms with Crippen LogP contribution in [0.15, 0.2) is 52.3 Å². The first kappa shape index (κ1) is 20.1. The number of piperazine rings is 1. The maximum atomic E-state index is 12.8. The summed E-state index contributed by atoms with van der Waals surface area (Å²) in [5, 5.41) is 4.11. The van der Waals surface area contributed by atoms with Crippen molar-refractivity contribution < 1.29 is 0 Å². The van der Waals surface area contributed by atoms with Crippen LogP contribution in [0.25, 0.3) is 0 Å². The van der Waals surface area contributed by atoms with E-state index in [-0.39, 0.29) is 11.7 Å². The second-order valence-corrected chi connectivity index (χ2v) is 8.86. The van der Waals surface area contributed by atoms with Gasteiger partial charge in [0.1, 0.15) is 6.17 Å². The molecule has 1 fully saturated rings. The van der Waals surface area contributed by atoms with E-state index in [0.29, 0.717) is 11.9 Å². The maximum absolute atomic E-state index is 12.8. The number of aliphatic imine (C=N–C) groups is 1. The second-order valence-electron chi connectivity index (χ2n) is 8.42. The average Bonchev–Trinajstić information content (AvgIpc) is 2.79. The van der Waals surface area contributed by atoms with Crippen LogP contribution in [0.3, 0.4) is 0 Å². The highest BCUT2D eigenvalue weighted by Crippen LogP contribution is 2.34. The van der Waals surface area contributed by atoms with Crippen LogP contribution in [0.2, 0.25) is 5.02 Å². The number of benzene rings is 1. The molecule has 0 spiro atoms. The molecule has 31 heavy (non-hydrogen) atoms. The van der Waals surface area contributed by atoms with E-state index in [9.17, 15) is 4.79 Å². The Morgan fingerprint density at radius 3 is 2.65 bits per heavy atom. The van der Waals surface area contributed by atoms with Gasteiger partial charge < -0.3 is 9.80 Å². The summed E-state index contributed by atoms with van der Waals surface area (Å²) in [5.74, 6) is 1.73. The standard InChI is InChI=1S/C23H27ClN6O/c1-16-14-20(31)30-21(17-6-3-2-4-7-17)26-22(27-23(30)25-16)29-12-10-28(11-13-29)19-9-5-8-18(24)15-19/h2-3,5,8-9,14-15,17,21H,4,6-7,10-13H2,1H3,(H,25,26,27)/t17-,21-/m0/s1. The predicted octanol–water partition coefficient (Wildman–Crippen LogP) is 3.66. The molecule has 0 amide bonds. The maximum Gasteiger partial charge on any atom is 0.256 e. The van der Waals surface area contributed by atoms with Crippen molar-refractivity contribution in [3.05, 3.63) is 63.6 Å². The number of nitrogens with one attached hydrogen (secondary N) is 1. The largest absolute Gasteiger partial charge is 0.368 e. The Hall–Kier alpha value is -2.80. The number of halogens is 1. The fourth-order valence-corrected chi connectivity index (χ4v) is 4.86. The molecule has 7 nitrogen and oxygen atoms in total. The van der Waals surface area contributed by atoms with Crippen LogP contribution in [-0.4, -0.2) is 46.6 Å². The number of hydrogen-bond donors (Lipinski definition) is 1. The zero-order chi connectivity index (χ0) is 21.4. The van der Waals surface area contributed by atoms with Gasteiger partial charge in [-0.1, -0.05) is 29.8 Å². The van der Waals surface area contributed by atoms with Crippen molar-refractivity contribution in [2.45, 2.75) is 32.4 Å². The van der Waals surface area contributed by atoms with Crippen molar-refractivity contribution in [2.75, 3.05) is 36.4 Å². The van der Waals surface area contributed by atoms with E-state index in [1.165, 1.54) is 0 Å². The minimum absolute atomic E-state index is 0.0388. The minimum Gasteiger partial charge on any atom is -0.368 e. The van der Waals surface area contributed by atoms with Crippen LogP contribution >= 0.6 is 11.6 Å². The van der Waals surface area contributed by atoms with Gasteiger partial charge in [-0.25, -0.2) is 9.98 Å². The normalized spacial score (nSPS) is 23.2. The van der Waals surface area contributed by atoms with Crippen LogP contribution < -0.4 is 15.8 Å². The van der Waals surface area contributed by atoms with E-state index < -0.39 is 0 Å². The third-order valence-electron chi connectivity index (χ3n) is 6.31. The molecule has 0 radical (unpaired) electrons. The van der Waals surface area contributed by atoms with Crippen molar-refractivity contribution in [3.63, 3.8) is 0 Å². The van der Waals surface area contributed by atoms with Gasteiger partial charge in [-0.2, -0.15) is 0 Å². The fraction of sp³-hybridized carbons (Fsp3) is 0.435. The lowest BCUT2D eigenvalue weighted by atomic mass is 9.91. The number of fused-ring (bicyclic) bond motifs is 1. The van der Waals surface area contributed by atoms with Crippen molar-refractivity contribution >= 4 is 29.2 Å². The highest BCUT2D eigenvalue weighted by molar-refractivity contribution is 6.30. The van der Waals surface area contributed by atoms with Gasteiger partial charge in [0.05, 0.1) is 0 Å². The lowest BCUT2D eigenvalue weighted by Crippen LogP contribution is -2.52. The molecule has 0 saturated carbocycles. The summed E-state index contributed by atoms with van der Waals surface area (Å²) in [4.78, 5) is 27.1. The highest BCUT2D eigenvalue weighted by atomic mass is 35.5. The van der Waals surface area contributed by atoms with Crippen LogP contribution in [0, 0.1) is 12.8 Å². The topological polar surface area (TPSA) is 65.8 Å². The first-order valence-electron chi connectivity index (χ1n) is 10.9. The summed E-state index contributed by atoms with van der Waals surface area (Å²) in [6.07, 6.45) is 7.20. The Labute approximate surface area is 187 Å². The van der Waals surface area contributed by atoms with Gasteiger partial charge in [-0.15, -0.1) is 0 Å². The number of allylic oxidation sites excluding steroid dienone is 2. The Morgan fingerprint density at radius 1 is 1.10 bits per heavy atom. The lowest BCUT2D eigenvalue weighted by molar-refractivity contribution is 0.296. The van der Waals surface area contributed by atoms with Gasteiger partial charge >= 0.3 is 0 Å². The van der Waals surface area contributed by atoms with Gasteiger partial charge in [-0.05, 0) is 44.4 Å². The fourth-order valence-electron chi connectivity index (χ4n) is 4.68. The van der Waals surface area contributed by atoms with Crippen molar-refractivity contribution in [3.8, 4) is 0 Å². The summed E-state index contributed by atoms with van der Waals surface area (Å²) in [6.45, 7) is 5.30. The molecule has 1 N–H and O–H groups in total. The van der Waals surface area contributed by atoms with Crippen LogP contribution in [0.5, 0.6) is 0 Å².